The molecule has 0 atom stereocenters. The van der Waals surface area contributed by atoms with E-state index in [1.807, 2.05) is 0 Å². The van der Waals surface area contributed by atoms with Gasteiger partial charge >= 0.3 is 11.7 Å². The zero-order chi connectivity index (χ0) is 14.5. The number of hydrogen-bond acceptors (Lipinski definition) is 4. The lowest BCUT2D eigenvalue weighted by molar-refractivity contribution is -0.385. The van der Waals surface area contributed by atoms with E-state index in [-0.39, 0.29) is 23.6 Å². The third-order valence-electron chi connectivity index (χ3n) is 2.63. The van der Waals surface area contributed by atoms with Gasteiger partial charge in [0, 0.05) is 6.07 Å². The highest BCUT2D eigenvalue weighted by atomic mass is 16.6. The van der Waals surface area contributed by atoms with Crippen molar-refractivity contribution in [1.29, 1.82) is 0 Å². The van der Waals surface area contributed by atoms with Gasteiger partial charge in [-0.15, -0.1) is 0 Å². The third-order valence-corrected chi connectivity index (χ3v) is 2.63. The number of benzene rings is 2. The fourth-order valence-electron chi connectivity index (χ4n) is 1.69. The van der Waals surface area contributed by atoms with Crippen LogP contribution in [0, 0.1) is 10.1 Å². The fraction of sp³-hybridized carbons (Fsp3) is 0.0714. The maximum atomic E-state index is 10.8. The molecule has 20 heavy (non-hydrogen) atoms. The zero-order valence-electron chi connectivity index (χ0n) is 10.4. The summed E-state index contributed by atoms with van der Waals surface area (Å²) in [5, 5.41) is 19.7. The van der Waals surface area contributed by atoms with Crippen LogP contribution in [0.15, 0.2) is 48.5 Å². The molecule has 2 aromatic carbocycles. The molecule has 0 amide bonds. The molecule has 0 unspecified atom stereocenters. The van der Waals surface area contributed by atoms with E-state index >= 15 is 0 Å². The standard InChI is InChI=1S/C14H11NO5/c16-14(17)11-5-3-4-10(8-11)9-20-13-7-2-1-6-12(13)15(18)19/h1-8H,9H2,(H,16,17). The highest BCUT2D eigenvalue weighted by Crippen LogP contribution is 2.26. The summed E-state index contributed by atoms with van der Waals surface area (Å²) in [5.41, 5.74) is 0.651. The topological polar surface area (TPSA) is 89.7 Å². The lowest BCUT2D eigenvalue weighted by Crippen LogP contribution is -2.01. The molecule has 102 valence electrons. The Balaban J connectivity index is 2.15. The summed E-state index contributed by atoms with van der Waals surface area (Å²) in [5.74, 6) is -0.879. The Labute approximate surface area is 114 Å². The molecule has 0 heterocycles. The number of ether oxygens (including phenoxy) is 1. The first-order valence-electron chi connectivity index (χ1n) is 5.76. The third kappa shape index (κ3) is 3.11. The summed E-state index contributed by atoms with van der Waals surface area (Å²) >= 11 is 0. The monoisotopic (exact) mass is 273 g/mol. The van der Waals surface area contributed by atoms with E-state index in [2.05, 4.69) is 0 Å². The SMILES string of the molecule is O=C(O)c1cccc(COc2ccccc2[N+](=O)[O-])c1. The molecule has 0 radical (unpaired) electrons. The predicted octanol–water partition coefficient (Wildman–Crippen LogP) is 2.87. The Morgan fingerprint density at radius 1 is 1.20 bits per heavy atom. The molecule has 1 N–H and O–H groups in total. The van der Waals surface area contributed by atoms with Crippen molar-refractivity contribution in [2.75, 3.05) is 0 Å². The van der Waals surface area contributed by atoms with E-state index in [4.69, 9.17) is 9.84 Å². The van der Waals surface area contributed by atoms with Gasteiger partial charge in [0.15, 0.2) is 5.75 Å². The van der Waals surface area contributed by atoms with Crippen LogP contribution in [0.1, 0.15) is 15.9 Å². The van der Waals surface area contributed by atoms with Crippen molar-refractivity contribution >= 4 is 11.7 Å². The second-order valence-corrected chi connectivity index (χ2v) is 4.02. The first-order chi connectivity index (χ1) is 9.58. The smallest absolute Gasteiger partial charge is 0.335 e. The molecule has 0 aliphatic carbocycles. The van der Waals surface area contributed by atoms with Crippen molar-refractivity contribution in [3.63, 3.8) is 0 Å². The number of aromatic carboxylic acids is 1. The van der Waals surface area contributed by atoms with Crippen LogP contribution in [0.5, 0.6) is 5.75 Å². The first kappa shape index (κ1) is 13.5. The largest absolute Gasteiger partial charge is 0.482 e. The summed E-state index contributed by atoms with van der Waals surface area (Å²) in [4.78, 5) is 21.1. The van der Waals surface area contributed by atoms with E-state index in [1.165, 1.54) is 24.3 Å². The number of nitro benzene ring substituents is 1. The Kier molecular flexibility index (Phi) is 3.95. The van der Waals surface area contributed by atoms with Crippen LogP contribution < -0.4 is 4.74 Å². The molecule has 2 aromatic rings. The van der Waals surface area contributed by atoms with Gasteiger partial charge in [0.1, 0.15) is 6.61 Å². The minimum Gasteiger partial charge on any atom is -0.482 e. The Morgan fingerprint density at radius 2 is 1.95 bits per heavy atom. The number of carbonyl (C=O) groups is 1. The number of carboxylic acids is 1. The fourth-order valence-corrected chi connectivity index (χ4v) is 1.69. The number of carboxylic acid groups (broad SMARTS) is 1. The molecule has 0 saturated carbocycles. The molecule has 0 fully saturated rings. The van der Waals surface area contributed by atoms with E-state index in [1.54, 1.807) is 24.3 Å². The first-order valence-corrected chi connectivity index (χ1v) is 5.76. The van der Waals surface area contributed by atoms with Crippen molar-refractivity contribution in [1.82, 2.24) is 0 Å². The maximum Gasteiger partial charge on any atom is 0.335 e. The molecule has 0 aliphatic rings. The molecule has 2 rings (SSSR count). The highest BCUT2D eigenvalue weighted by molar-refractivity contribution is 5.87. The molecule has 0 aromatic heterocycles. The van der Waals surface area contributed by atoms with Crippen molar-refractivity contribution in [3.05, 3.63) is 69.8 Å². The second-order valence-electron chi connectivity index (χ2n) is 4.02. The molecule has 6 heteroatoms. The van der Waals surface area contributed by atoms with E-state index < -0.39 is 10.9 Å². The van der Waals surface area contributed by atoms with Crippen LogP contribution in [-0.4, -0.2) is 16.0 Å². The average Bonchev–Trinajstić information content (AvgIpc) is 2.45. The molecule has 0 bridgehead atoms. The lowest BCUT2D eigenvalue weighted by Gasteiger charge is -2.07. The van der Waals surface area contributed by atoms with Crippen LogP contribution in [-0.2, 0) is 6.61 Å². The van der Waals surface area contributed by atoms with Crippen LogP contribution in [0.3, 0.4) is 0 Å². The summed E-state index contributed by atoms with van der Waals surface area (Å²) in [6, 6.07) is 12.3. The number of rotatable bonds is 5. The van der Waals surface area contributed by atoms with Gasteiger partial charge in [0.05, 0.1) is 10.5 Å². The summed E-state index contributed by atoms with van der Waals surface area (Å²) < 4.78 is 5.38. The van der Waals surface area contributed by atoms with E-state index in [9.17, 15) is 14.9 Å². The number of nitrogens with zero attached hydrogens (tertiary/aromatic N) is 1. The van der Waals surface area contributed by atoms with Gasteiger partial charge in [-0.25, -0.2) is 4.79 Å². The summed E-state index contributed by atoms with van der Waals surface area (Å²) in [7, 11) is 0. The van der Waals surface area contributed by atoms with Gasteiger partial charge in [-0.3, -0.25) is 10.1 Å². The molecule has 6 nitrogen and oxygen atoms in total. The average molecular weight is 273 g/mol. The summed E-state index contributed by atoms with van der Waals surface area (Å²) in [6.45, 7) is 0.0615. The van der Waals surface area contributed by atoms with Gasteiger partial charge in [0.25, 0.3) is 0 Å². The zero-order valence-corrected chi connectivity index (χ0v) is 10.4. The van der Waals surface area contributed by atoms with Crippen molar-refractivity contribution in [2.24, 2.45) is 0 Å². The van der Waals surface area contributed by atoms with Crippen LogP contribution in [0.2, 0.25) is 0 Å². The molecular formula is C14H11NO5. The normalized spacial score (nSPS) is 10.0. The van der Waals surface area contributed by atoms with Crippen LogP contribution in [0.4, 0.5) is 5.69 Å². The number of para-hydroxylation sites is 2. The van der Waals surface area contributed by atoms with Crippen molar-refractivity contribution < 1.29 is 19.6 Å². The van der Waals surface area contributed by atoms with Crippen LogP contribution in [0.25, 0.3) is 0 Å². The van der Waals surface area contributed by atoms with Gasteiger partial charge in [-0.05, 0) is 23.8 Å². The minimum absolute atomic E-state index is 0.0615. The molecule has 0 spiro atoms. The Hall–Kier alpha value is -2.89. The van der Waals surface area contributed by atoms with E-state index in [0.717, 1.165) is 0 Å². The van der Waals surface area contributed by atoms with Crippen LogP contribution >= 0.6 is 0 Å². The minimum atomic E-state index is -1.03. The Bertz CT molecular complexity index is 654. The van der Waals surface area contributed by atoms with Crippen molar-refractivity contribution in [3.8, 4) is 5.75 Å². The van der Waals surface area contributed by atoms with Crippen molar-refractivity contribution in [2.45, 2.75) is 6.61 Å². The number of hydrogen-bond donors (Lipinski definition) is 1. The van der Waals surface area contributed by atoms with Gasteiger partial charge < -0.3 is 9.84 Å². The quantitative estimate of drug-likeness (QED) is 0.668. The lowest BCUT2D eigenvalue weighted by atomic mass is 10.1. The predicted molar refractivity (Wildman–Crippen MR) is 70.8 cm³/mol. The Morgan fingerprint density at radius 3 is 2.65 bits per heavy atom. The molecular weight excluding hydrogens is 262 g/mol. The number of nitro groups is 1. The highest BCUT2D eigenvalue weighted by Gasteiger charge is 2.13. The summed E-state index contributed by atoms with van der Waals surface area (Å²) in [6.07, 6.45) is 0. The van der Waals surface area contributed by atoms with Gasteiger partial charge in [-0.2, -0.15) is 0 Å². The second kappa shape index (κ2) is 5.83. The molecule has 0 aliphatic heterocycles. The van der Waals surface area contributed by atoms with Gasteiger partial charge in [-0.1, -0.05) is 24.3 Å². The molecule has 0 saturated heterocycles. The van der Waals surface area contributed by atoms with Gasteiger partial charge in [0.2, 0.25) is 0 Å². The maximum absolute atomic E-state index is 10.8. The van der Waals surface area contributed by atoms with E-state index in [0.29, 0.717) is 5.56 Å².